The Hall–Kier alpha value is -2.68. The predicted molar refractivity (Wildman–Crippen MR) is 69.6 cm³/mol. The van der Waals surface area contributed by atoms with E-state index in [9.17, 15) is 0 Å². The largest absolute Gasteiger partial charge is 0.472 e. The molecule has 0 N–H and O–H groups in total. The molecule has 0 unspecified atom stereocenters. The fourth-order valence-corrected chi connectivity index (χ4v) is 2.11. The molecule has 1 aliphatic rings. The van der Waals surface area contributed by atoms with Crippen LogP contribution in [0.3, 0.4) is 0 Å². The van der Waals surface area contributed by atoms with Crippen LogP contribution >= 0.6 is 0 Å². The highest BCUT2D eigenvalue weighted by molar-refractivity contribution is 5.45. The first kappa shape index (κ1) is 12.4. The summed E-state index contributed by atoms with van der Waals surface area (Å²) in [6.45, 7) is 2.37. The zero-order chi connectivity index (χ0) is 14.1. The van der Waals surface area contributed by atoms with Gasteiger partial charge >= 0.3 is 0 Å². The molecular formula is C14H13N3O3. The van der Waals surface area contributed by atoms with Crippen molar-refractivity contribution in [3.05, 3.63) is 35.0 Å². The lowest BCUT2D eigenvalue weighted by atomic mass is 10.2. The second-order valence-corrected chi connectivity index (χ2v) is 4.48. The van der Waals surface area contributed by atoms with E-state index in [4.69, 9.17) is 19.5 Å². The van der Waals surface area contributed by atoms with Crippen molar-refractivity contribution in [2.45, 2.75) is 13.5 Å². The van der Waals surface area contributed by atoms with Crippen LogP contribution in [-0.4, -0.2) is 16.6 Å². The third-order valence-corrected chi connectivity index (χ3v) is 3.09. The number of nitriles is 1. The molecule has 0 radical (unpaired) electrons. The summed E-state index contributed by atoms with van der Waals surface area (Å²) in [6, 6.07) is 7.74. The first-order valence-electron chi connectivity index (χ1n) is 6.14. The zero-order valence-corrected chi connectivity index (χ0v) is 11.2. The number of nitrogens with zero attached hydrogens (tertiary/aromatic N) is 3. The maximum Gasteiger partial charge on any atom is 0.231 e. The molecule has 1 aromatic heterocycles. The van der Waals surface area contributed by atoms with Crippen molar-refractivity contribution in [3.8, 4) is 23.4 Å². The van der Waals surface area contributed by atoms with E-state index in [1.54, 1.807) is 18.7 Å². The van der Waals surface area contributed by atoms with E-state index in [-0.39, 0.29) is 6.79 Å². The van der Waals surface area contributed by atoms with Crippen LogP contribution < -0.4 is 14.2 Å². The smallest absolute Gasteiger partial charge is 0.231 e. The monoisotopic (exact) mass is 271 g/mol. The molecule has 0 saturated carbocycles. The van der Waals surface area contributed by atoms with E-state index >= 15 is 0 Å². The molecule has 0 bridgehead atoms. The minimum atomic E-state index is 0.249. The highest BCUT2D eigenvalue weighted by atomic mass is 16.7. The lowest BCUT2D eigenvalue weighted by molar-refractivity contribution is 0.174. The van der Waals surface area contributed by atoms with Crippen molar-refractivity contribution >= 4 is 0 Å². The number of ether oxygens (including phenoxy) is 3. The van der Waals surface area contributed by atoms with Crippen molar-refractivity contribution in [2.75, 3.05) is 6.79 Å². The third kappa shape index (κ3) is 2.03. The topological polar surface area (TPSA) is 69.3 Å². The van der Waals surface area contributed by atoms with E-state index < -0.39 is 0 Å². The Morgan fingerprint density at radius 2 is 2.20 bits per heavy atom. The van der Waals surface area contributed by atoms with Gasteiger partial charge in [-0.25, -0.2) is 4.68 Å². The van der Waals surface area contributed by atoms with Gasteiger partial charge in [0.2, 0.25) is 12.7 Å². The number of aromatic nitrogens is 2. The molecule has 0 aliphatic carbocycles. The summed E-state index contributed by atoms with van der Waals surface area (Å²) in [4.78, 5) is 0. The van der Waals surface area contributed by atoms with Crippen molar-refractivity contribution in [3.63, 3.8) is 0 Å². The van der Waals surface area contributed by atoms with Gasteiger partial charge in [-0.2, -0.15) is 10.4 Å². The van der Waals surface area contributed by atoms with Crippen LogP contribution in [0.1, 0.15) is 16.8 Å². The quantitative estimate of drug-likeness (QED) is 0.852. The highest BCUT2D eigenvalue weighted by Gasteiger charge is 2.16. The molecule has 0 spiro atoms. The third-order valence-electron chi connectivity index (χ3n) is 3.09. The summed E-state index contributed by atoms with van der Waals surface area (Å²) >= 11 is 0. The van der Waals surface area contributed by atoms with E-state index in [0.29, 0.717) is 29.5 Å². The summed E-state index contributed by atoms with van der Waals surface area (Å²) in [5.41, 5.74) is 2.07. The number of fused-ring (bicyclic) bond motifs is 1. The van der Waals surface area contributed by atoms with Gasteiger partial charge in [0.1, 0.15) is 18.2 Å². The average Bonchev–Trinajstić information content (AvgIpc) is 2.99. The molecule has 0 fully saturated rings. The molecule has 0 atom stereocenters. The van der Waals surface area contributed by atoms with Gasteiger partial charge in [0, 0.05) is 7.05 Å². The van der Waals surface area contributed by atoms with Gasteiger partial charge in [-0.3, -0.25) is 0 Å². The number of rotatable bonds is 3. The van der Waals surface area contributed by atoms with Gasteiger partial charge in [0.15, 0.2) is 11.5 Å². The van der Waals surface area contributed by atoms with Gasteiger partial charge < -0.3 is 14.2 Å². The van der Waals surface area contributed by atoms with Crippen molar-refractivity contribution in [1.82, 2.24) is 9.78 Å². The Kier molecular flexibility index (Phi) is 2.95. The molecule has 3 rings (SSSR count). The molecule has 102 valence electrons. The normalized spacial score (nSPS) is 12.2. The van der Waals surface area contributed by atoms with E-state index in [0.717, 1.165) is 11.3 Å². The van der Waals surface area contributed by atoms with Crippen LogP contribution in [0.25, 0.3) is 0 Å². The molecule has 1 aliphatic heterocycles. The van der Waals surface area contributed by atoms with Crippen molar-refractivity contribution in [2.24, 2.45) is 7.05 Å². The molecule has 1 aromatic carbocycles. The standard InChI is InChI=1S/C14H13N3O3/c1-9-11(6-15)14(17(2)16-9)18-7-10-3-4-12-13(5-10)20-8-19-12/h3-5H,7-8H2,1-2H3. The molecule has 6 heteroatoms. The fourth-order valence-electron chi connectivity index (χ4n) is 2.11. The van der Waals surface area contributed by atoms with Gasteiger partial charge in [0.05, 0.1) is 5.69 Å². The Morgan fingerprint density at radius 1 is 1.40 bits per heavy atom. The number of benzene rings is 1. The Bertz CT molecular complexity index is 700. The lowest BCUT2D eigenvalue weighted by Gasteiger charge is -2.07. The van der Waals surface area contributed by atoms with Gasteiger partial charge in [0.25, 0.3) is 0 Å². The molecule has 20 heavy (non-hydrogen) atoms. The first-order chi connectivity index (χ1) is 9.69. The average molecular weight is 271 g/mol. The van der Waals surface area contributed by atoms with Crippen LogP contribution in [0.5, 0.6) is 17.4 Å². The Labute approximate surface area is 116 Å². The van der Waals surface area contributed by atoms with E-state index in [2.05, 4.69) is 11.2 Å². The van der Waals surface area contributed by atoms with Crippen LogP contribution in [0.15, 0.2) is 18.2 Å². The van der Waals surface area contributed by atoms with E-state index in [1.807, 2.05) is 18.2 Å². The van der Waals surface area contributed by atoms with Crippen molar-refractivity contribution < 1.29 is 14.2 Å². The maximum absolute atomic E-state index is 9.12. The van der Waals surface area contributed by atoms with Crippen molar-refractivity contribution in [1.29, 1.82) is 5.26 Å². The minimum Gasteiger partial charge on any atom is -0.472 e. The summed E-state index contributed by atoms with van der Waals surface area (Å²) < 4.78 is 17.8. The lowest BCUT2D eigenvalue weighted by Crippen LogP contribution is -2.02. The zero-order valence-electron chi connectivity index (χ0n) is 11.2. The minimum absolute atomic E-state index is 0.249. The number of hydrogen-bond acceptors (Lipinski definition) is 5. The Balaban J connectivity index is 1.79. The fraction of sp³-hybridized carbons (Fsp3) is 0.286. The second kappa shape index (κ2) is 4.78. The molecule has 0 amide bonds. The molecule has 6 nitrogen and oxygen atoms in total. The SMILES string of the molecule is Cc1nn(C)c(OCc2ccc3c(c2)OCO3)c1C#N. The van der Waals surface area contributed by atoms with Crippen LogP contribution in [-0.2, 0) is 13.7 Å². The first-order valence-corrected chi connectivity index (χ1v) is 6.14. The van der Waals surface area contributed by atoms with Gasteiger partial charge in [-0.15, -0.1) is 0 Å². The summed E-state index contributed by atoms with van der Waals surface area (Å²) in [6.07, 6.45) is 0. The highest BCUT2D eigenvalue weighted by Crippen LogP contribution is 2.33. The molecule has 2 heterocycles. The van der Waals surface area contributed by atoms with Crippen LogP contribution in [0.2, 0.25) is 0 Å². The maximum atomic E-state index is 9.12. The summed E-state index contributed by atoms with van der Waals surface area (Å²) in [5.74, 6) is 1.93. The molecule has 0 saturated heterocycles. The molecular weight excluding hydrogens is 258 g/mol. The molecule has 2 aromatic rings. The van der Waals surface area contributed by atoms with Gasteiger partial charge in [-0.1, -0.05) is 6.07 Å². The summed E-state index contributed by atoms with van der Waals surface area (Å²) in [5, 5.41) is 13.3. The number of aryl methyl sites for hydroxylation is 2. The van der Waals surface area contributed by atoms with E-state index in [1.165, 1.54) is 0 Å². The van der Waals surface area contributed by atoms with Gasteiger partial charge in [-0.05, 0) is 24.6 Å². The van der Waals surface area contributed by atoms with Crippen LogP contribution in [0.4, 0.5) is 0 Å². The summed E-state index contributed by atoms with van der Waals surface area (Å²) in [7, 11) is 1.75. The number of hydrogen-bond donors (Lipinski definition) is 0. The van der Waals surface area contributed by atoms with Crippen LogP contribution in [0, 0.1) is 18.3 Å². The Morgan fingerprint density at radius 3 is 3.00 bits per heavy atom. The second-order valence-electron chi connectivity index (χ2n) is 4.48. The predicted octanol–water partition coefficient (Wildman–Crippen LogP) is 1.91.